The minimum Gasteiger partial charge on any atom is -0.444 e. The standard InChI is InChI=1S/C19H27N3O3/c1-13-12-21(18(24)25-19(2,3)4)8-9-22(13)17(23)16-10-15(16)14-6-5-7-20-11-14/h5-7,11,13,15-16H,8-10,12H2,1-4H3/t13-,15+,16-/m1/s1. The molecule has 2 amide bonds. The van der Waals surface area contributed by atoms with Crippen LogP contribution >= 0.6 is 0 Å². The fraction of sp³-hybridized carbons (Fsp3) is 0.632. The summed E-state index contributed by atoms with van der Waals surface area (Å²) in [7, 11) is 0. The van der Waals surface area contributed by atoms with E-state index < -0.39 is 5.60 Å². The average Bonchev–Trinajstić information content (AvgIpc) is 3.34. The maximum atomic E-state index is 12.8. The molecule has 3 atom stereocenters. The summed E-state index contributed by atoms with van der Waals surface area (Å²) in [6.07, 6.45) is 4.19. The Kier molecular flexibility index (Phi) is 4.71. The van der Waals surface area contributed by atoms with Crippen LogP contribution < -0.4 is 0 Å². The van der Waals surface area contributed by atoms with E-state index in [-0.39, 0.29) is 29.9 Å². The van der Waals surface area contributed by atoms with Crippen LogP contribution in [0.2, 0.25) is 0 Å². The molecule has 0 unspecified atom stereocenters. The average molecular weight is 345 g/mol. The summed E-state index contributed by atoms with van der Waals surface area (Å²) in [6, 6.07) is 3.95. The molecule has 1 aromatic rings. The van der Waals surface area contributed by atoms with E-state index in [0.29, 0.717) is 19.6 Å². The number of ether oxygens (including phenoxy) is 1. The molecule has 6 heteroatoms. The lowest BCUT2D eigenvalue weighted by Crippen LogP contribution is -2.56. The van der Waals surface area contributed by atoms with Crippen LogP contribution in [0.5, 0.6) is 0 Å². The Hall–Kier alpha value is -2.11. The van der Waals surface area contributed by atoms with E-state index in [1.54, 1.807) is 11.1 Å². The van der Waals surface area contributed by atoms with E-state index in [9.17, 15) is 9.59 Å². The van der Waals surface area contributed by atoms with Gasteiger partial charge in [0.05, 0.1) is 0 Å². The fourth-order valence-corrected chi connectivity index (χ4v) is 3.42. The third-order valence-electron chi connectivity index (χ3n) is 4.78. The Labute approximate surface area is 149 Å². The fourth-order valence-electron chi connectivity index (χ4n) is 3.42. The summed E-state index contributed by atoms with van der Waals surface area (Å²) in [5, 5.41) is 0. The smallest absolute Gasteiger partial charge is 0.410 e. The van der Waals surface area contributed by atoms with Gasteiger partial charge in [-0.3, -0.25) is 9.78 Å². The molecule has 6 nitrogen and oxygen atoms in total. The number of piperazine rings is 1. The van der Waals surface area contributed by atoms with E-state index in [2.05, 4.69) is 4.98 Å². The van der Waals surface area contributed by atoms with Crippen molar-refractivity contribution in [2.45, 2.75) is 51.7 Å². The van der Waals surface area contributed by atoms with Gasteiger partial charge in [0.1, 0.15) is 5.60 Å². The minimum absolute atomic E-state index is 0.00363. The maximum Gasteiger partial charge on any atom is 0.410 e. The maximum absolute atomic E-state index is 12.8. The number of pyridine rings is 1. The molecule has 1 saturated carbocycles. The summed E-state index contributed by atoms with van der Waals surface area (Å²) in [6.45, 7) is 9.19. The van der Waals surface area contributed by atoms with Gasteiger partial charge in [-0.05, 0) is 51.7 Å². The third kappa shape index (κ3) is 4.11. The van der Waals surface area contributed by atoms with Crippen LogP contribution in [0.3, 0.4) is 0 Å². The van der Waals surface area contributed by atoms with E-state index in [0.717, 1.165) is 12.0 Å². The highest BCUT2D eigenvalue weighted by Gasteiger charge is 2.47. The summed E-state index contributed by atoms with van der Waals surface area (Å²) in [5.41, 5.74) is 0.638. The molecule has 1 saturated heterocycles. The first-order valence-corrected chi connectivity index (χ1v) is 8.94. The molecule has 0 N–H and O–H groups in total. The van der Waals surface area contributed by atoms with Crippen molar-refractivity contribution < 1.29 is 14.3 Å². The number of hydrogen-bond acceptors (Lipinski definition) is 4. The Morgan fingerprint density at radius 1 is 1.28 bits per heavy atom. The van der Waals surface area contributed by atoms with Crippen LogP contribution in [0.1, 0.15) is 45.6 Å². The summed E-state index contributed by atoms with van der Waals surface area (Å²) in [5.74, 6) is 0.544. The topological polar surface area (TPSA) is 62.7 Å². The largest absolute Gasteiger partial charge is 0.444 e. The first-order valence-electron chi connectivity index (χ1n) is 8.94. The molecule has 25 heavy (non-hydrogen) atoms. The van der Waals surface area contributed by atoms with E-state index in [4.69, 9.17) is 4.74 Å². The van der Waals surface area contributed by atoms with Crippen LogP contribution in [0.15, 0.2) is 24.5 Å². The van der Waals surface area contributed by atoms with Crippen molar-refractivity contribution in [2.24, 2.45) is 5.92 Å². The lowest BCUT2D eigenvalue weighted by atomic mass is 10.1. The van der Waals surface area contributed by atoms with E-state index in [1.807, 2.05) is 50.9 Å². The van der Waals surface area contributed by atoms with Gasteiger partial charge in [-0.25, -0.2) is 4.79 Å². The zero-order valence-electron chi connectivity index (χ0n) is 15.4. The predicted octanol–water partition coefficient (Wildman–Crippen LogP) is 2.65. The highest BCUT2D eigenvalue weighted by molar-refractivity contribution is 5.83. The quantitative estimate of drug-likeness (QED) is 0.827. The Morgan fingerprint density at radius 3 is 2.64 bits per heavy atom. The zero-order chi connectivity index (χ0) is 18.2. The lowest BCUT2D eigenvalue weighted by molar-refractivity contribution is -0.137. The summed E-state index contributed by atoms with van der Waals surface area (Å²) < 4.78 is 5.43. The monoisotopic (exact) mass is 345 g/mol. The Balaban J connectivity index is 1.55. The van der Waals surface area contributed by atoms with Gasteiger partial charge in [-0.2, -0.15) is 0 Å². The van der Waals surface area contributed by atoms with Crippen molar-refractivity contribution >= 4 is 12.0 Å². The highest BCUT2D eigenvalue weighted by atomic mass is 16.6. The molecule has 136 valence electrons. The number of rotatable bonds is 2. The van der Waals surface area contributed by atoms with Crippen LogP contribution in [-0.2, 0) is 9.53 Å². The number of carbonyl (C=O) groups excluding carboxylic acids is 2. The van der Waals surface area contributed by atoms with Gasteiger partial charge in [0.15, 0.2) is 0 Å². The number of aromatic nitrogens is 1. The van der Waals surface area contributed by atoms with Crippen molar-refractivity contribution in [1.29, 1.82) is 0 Å². The summed E-state index contributed by atoms with van der Waals surface area (Å²) >= 11 is 0. The molecule has 1 aliphatic carbocycles. The molecular weight excluding hydrogens is 318 g/mol. The van der Waals surface area contributed by atoms with E-state index in [1.165, 1.54) is 0 Å². The van der Waals surface area contributed by atoms with E-state index >= 15 is 0 Å². The molecular formula is C19H27N3O3. The van der Waals surface area contributed by atoms with Crippen molar-refractivity contribution in [3.05, 3.63) is 30.1 Å². The number of carbonyl (C=O) groups is 2. The molecule has 1 aliphatic heterocycles. The molecule has 2 heterocycles. The third-order valence-corrected chi connectivity index (χ3v) is 4.78. The van der Waals surface area contributed by atoms with Gasteiger partial charge in [-0.15, -0.1) is 0 Å². The molecule has 0 aromatic carbocycles. The van der Waals surface area contributed by atoms with Gasteiger partial charge in [0.2, 0.25) is 5.91 Å². The van der Waals surface area contributed by atoms with Crippen molar-refractivity contribution in [3.8, 4) is 0 Å². The first kappa shape index (κ1) is 17.7. The molecule has 2 fully saturated rings. The van der Waals surface area contributed by atoms with Crippen LogP contribution in [-0.4, -0.2) is 58.1 Å². The Bertz CT molecular complexity index is 641. The number of nitrogens with zero attached hydrogens (tertiary/aromatic N) is 3. The SMILES string of the molecule is C[C@@H]1CN(C(=O)OC(C)(C)C)CCN1C(=O)[C@@H]1C[C@H]1c1cccnc1. The van der Waals surface area contributed by atoms with Gasteiger partial charge in [0, 0.05) is 44.0 Å². The van der Waals surface area contributed by atoms with Gasteiger partial charge in [0.25, 0.3) is 0 Å². The second-order valence-electron chi connectivity index (χ2n) is 8.04. The number of amides is 2. The predicted molar refractivity (Wildman–Crippen MR) is 94.1 cm³/mol. The number of hydrogen-bond donors (Lipinski definition) is 0. The minimum atomic E-state index is -0.502. The lowest BCUT2D eigenvalue weighted by Gasteiger charge is -2.40. The van der Waals surface area contributed by atoms with Crippen molar-refractivity contribution in [1.82, 2.24) is 14.8 Å². The normalized spacial score (nSPS) is 26.3. The van der Waals surface area contributed by atoms with Crippen LogP contribution in [0, 0.1) is 5.92 Å². The van der Waals surface area contributed by atoms with Crippen molar-refractivity contribution in [3.63, 3.8) is 0 Å². The highest BCUT2D eigenvalue weighted by Crippen LogP contribution is 2.48. The molecule has 2 aliphatic rings. The molecule has 0 bridgehead atoms. The van der Waals surface area contributed by atoms with Crippen LogP contribution in [0.4, 0.5) is 4.79 Å². The summed E-state index contributed by atoms with van der Waals surface area (Å²) in [4.78, 5) is 32.8. The van der Waals surface area contributed by atoms with Gasteiger partial charge >= 0.3 is 6.09 Å². The Morgan fingerprint density at radius 2 is 2.04 bits per heavy atom. The second-order valence-corrected chi connectivity index (χ2v) is 8.04. The molecule has 0 spiro atoms. The molecule has 0 radical (unpaired) electrons. The van der Waals surface area contributed by atoms with Crippen LogP contribution in [0.25, 0.3) is 0 Å². The van der Waals surface area contributed by atoms with Gasteiger partial charge < -0.3 is 14.5 Å². The molecule has 1 aromatic heterocycles. The molecule has 3 rings (SSSR count). The first-order chi connectivity index (χ1) is 11.8. The van der Waals surface area contributed by atoms with Gasteiger partial charge in [-0.1, -0.05) is 6.07 Å². The zero-order valence-corrected chi connectivity index (χ0v) is 15.4. The van der Waals surface area contributed by atoms with Crippen molar-refractivity contribution in [2.75, 3.05) is 19.6 Å². The second kappa shape index (κ2) is 6.65.